The third kappa shape index (κ3) is 3.73. The van der Waals surface area contributed by atoms with Gasteiger partial charge in [0, 0.05) is 31.5 Å². The highest BCUT2D eigenvalue weighted by Crippen LogP contribution is 2.21. The summed E-state index contributed by atoms with van der Waals surface area (Å²) in [5.41, 5.74) is 2.21. The maximum Gasteiger partial charge on any atom is 0.244 e. The molecule has 1 unspecified atom stereocenters. The number of hydrogen-bond donors (Lipinski definition) is 1. The van der Waals surface area contributed by atoms with Gasteiger partial charge in [0.05, 0.1) is 6.04 Å². The molecule has 1 aromatic carbocycles. The van der Waals surface area contributed by atoms with Gasteiger partial charge in [0.2, 0.25) is 5.91 Å². The second kappa shape index (κ2) is 7.87. The number of rotatable bonds is 6. The molecule has 2 aliphatic heterocycles. The second-order valence-electron chi connectivity index (χ2n) is 7.09. The standard InChI is InChI=1S/C21H26N4O/c26-21-19(8-4-15-25(21)18-6-2-1-3-7-18)22-12-11-17-9-10-20(23-16-17)24-13-5-14-24/h1-3,6-7,9-10,16,19,22H,4-5,8,11-15H2. The molecule has 26 heavy (non-hydrogen) atoms. The molecule has 0 aliphatic carbocycles. The van der Waals surface area contributed by atoms with Crippen LogP contribution in [0, 0.1) is 0 Å². The van der Waals surface area contributed by atoms with Gasteiger partial charge in [-0.05, 0) is 56.0 Å². The van der Waals surface area contributed by atoms with Gasteiger partial charge in [-0.3, -0.25) is 4.79 Å². The number of nitrogens with zero attached hydrogens (tertiary/aromatic N) is 3. The molecule has 3 heterocycles. The molecule has 0 spiro atoms. The third-order valence-electron chi connectivity index (χ3n) is 5.30. The summed E-state index contributed by atoms with van der Waals surface area (Å²) in [5.74, 6) is 1.27. The van der Waals surface area contributed by atoms with Crippen molar-refractivity contribution < 1.29 is 4.79 Å². The lowest BCUT2D eigenvalue weighted by Gasteiger charge is -2.33. The zero-order valence-electron chi connectivity index (χ0n) is 15.1. The van der Waals surface area contributed by atoms with Crippen LogP contribution in [0.15, 0.2) is 48.7 Å². The van der Waals surface area contributed by atoms with Crippen molar-refractivity contribution in [1.82, 2.24) is 10.3 Å². The minimum atomic E-state index is -0.0859. The zero-order valence-corrected chi connectivity index (χ0v) is 15.1. The molecule has 2 fully saturated rings. The molecule has 1 amide bonds. The summed E-state index contributed by atoms with van der Waals surface area (Å²) in [6.45, 7) is 3.85. The number of carbonyl (C=O) groups is 1. The fourth-order valence-corrected chi connectivity index (χ4v) is 3.62. The van der Waals surface area contributed by atoms with Gasteiger partial charge >= 0.3 is 0 Å². The molecule has 2 saturated heterocycles. The van der Waals surface area contributed by atoms with Crippen molar-refractivity contribution in [2.75, 3.05) is 36.0 Å². The van der Waals surface area contributed by atoms with Gasteiger partial charge in [0.25, 0.3) is 0 Å². The van der Waals surface area contributed by atoms with E-state index < -0.39 is 0 Å². The van der Waals surface area contributed by atoms with E-state index >= 15 is 0 Å². The van der Waals surface area contributed by atoms with Crippen LogP contribution in [0.3, 0.4) is 0 Å². The average molecular weight is 350 g/mol. The summed E-state index contributed by atoms with van der Waals surface area (Å²) in [5, 5.41) is 3.45. The molecular formula is C21H26N4O. The summed E-state index contributed by atoms with van der Waals surface area (Å²) in [7, 11) is 0. The van der Waals surface area contributed by atoms with Crippen molar-refractivity contribution in [3.63, 3.8) is 0 Å². The molecule has 1 atom stereocenters. The van der Waals surface area contributed by atoms with E-state index in [0.717, 1.165) is 56.9 Å². The highest BCUT2D eigenvalue weighted by atomic mass is 16.2. The molecule has 0 bridgehead atoms. The molecule has 5 heteroatoms. The van der Waals surface area contributed by atoms with E-state index in [2.05, 4.69) is 27.3 Å². The molecule has 0 radical (unpaired) electrons. The smallest absolute Gasteiger partial charge is 0.244 e. The Kier molecular flexibility index (Phi) is 5.16. The lowest BCUT2D eigenvalue weighted by molar-refractivity contribution is -0.121. The normalized spacial score (nSPS) is 20.2. The van der Waals surface area contributed by atoms with Gasteiger partial charge in [-0.1, -0.05) is 24.3 Å². The molecule has 136 valence electrons. The molecule has 1 aromatic heterocycles. The van der Waals surface area contributed by atoms with E-state index in [1.807, 2.05) is 41.4 Å². The average Bonchev–Trinajstić information content (AvgIpc) is 2.64. The molecule has 5 nitrogen and oxygen atoms in total. The first-order valence-electron chi connectivity index (χ1n) is 9.61. The summed E-state index contributed by atoms with van der Waals surface area (Å²) in [6.07, 6.45) is 6.07. The van der Waals surface area contributed by atoms with Crippen molar-refractivity contribution in [3.05, 3.63) is 54.2 Å². The maximum absolute atomic E-state index is 12.8. The van der Waals surface area contributed by atoms with E-state index in [4.69, 9.17) is 0 Å². The van der Waals surface area contributed by atoms with E-state index in [-0.39, 0.29) is 11.9 Å². The predicted octanol–water partition coefficient (Wildman–Crippen LogP) is 2.62. The Hall–Kier alpha value is -2.40. The number of hydrogen-bond acceptors (Lipinski definition) is 4. The first kappa shape index (κ1) is 17.0. The number of pyridine rings is 1. The molecular weight excluding hydrogens is 324 g/mol. The van der Waals surface area contributed by atoms with Gasteiger partial charge < -0.3 is 15.1 Å². The molecule has 0 saturated carbocycles. The van der Waals surface area contributed by atoms with Crippen molar-refractivity contribution in [1.29, 1.82) is 0 Å². The highest BCUT2D eigenvalue weighted by molar-refractivity contribution is 5.97. The number of amides is 1. The number of para-hydroxylation sites is 1. The maximum atomic E-state index is 12.8. The minimum Gasteiger partial charge on any atom is -0.356 e. The Morgan fingerprint density at radius 1 is 1.04 bits per heavy atom. The quantitative estimate of drug-likeness (QED) is 0.870. The number of carbonyl (C=O) groups excluding carboxylic acids is 1. The number of nitrogens with one attached hydrogen (secondary N) is 1. The number of anilines is 2. The first-order valence-corrected chi connectivity index (χ1v) is 9.61. The Morgan fingerprint density at radius 2 is 1.88 bits per heavy atom. The Bertz CT molecular complexity index is 727. The number of benzene rings is 1. The van der Waals surface area contributed by atoms with E-state index in [1.54, 1.807) is 0 Å². The van der Waals surface area contributed by atoms with Crippen LogP contribution in [0.5, 0.6) is 0 Å². The van der Waals surface area contributed by atoms with Crippen LogP contribution in [0.25, 0.3) is 0 Å². The van der Waals surface area contributed by atoms with Crippen LogP contribution >= 0.6 is 0 Å². The Labute approximate surface area is 155 Å². The summed E-state index contributed by atoms with van der Waals surface area (Å²) in [4.78, 5) is 21.5. The molecule has 4 rings (SSSR count). The van der Waals surface area contributed by atoms with Crippen LogP contribution in [0.4, 0.5) is 11.5 Å². The fraction of sp³-hybridized carbons (Fsp3) is 0.429. The predicted molar refractivity (Wildman–Crippen MR) is 105 cm³/mol. The van der Waals surface area contributed by atoms with Crippen molar-refractivity contribution in [2.45, 2.75) is 31.7 Å². The fourth-order valence-electron chi connectivity index (χ4n) is 3.62. The highest BCUT2D eigenvalue weighted by Gasteiger charge is 2.28. The molecule has 2 aliphatic rings. The van der Waals surface area contributed by atoms with Crippen LogP contribution < -0.4 is 15.1 Å². The van der Waals surface area contributed by atoms with Crippen LogP contribution in [0.2, 0.25) is 0 Å². The van der Waals surface area contributed by atoms with E-state index in [1.165, 1.54) is 12.0 Å². The SMILES string of the molecule is O=C1C(NCCc2ccc(N3CCC3)nc2)CCCN1c1ccccc1. The van der Waals surface area contributed by atoms with Crippen LogP contribution in [0.1, 0.15) is 24.8 Å². The molecule has 2 aromatic rings. The van der Waals surface area contributed by atoms with Crippen molar-refractivity contribution in [2.24, 2.45) is 0 Å². The van der Waals surface area contributed by atoms with Crippen LogP contribution in [-0.4, -0.2) is 43.1 Å². The lowest BCUT2D eigenvalue weighted by atomic mass is 10.0. The number of aromatic nitrogens is 1. The third-order valence-corrected chi connectivity index (χ3v) is 5.30. The first-order chi connectivity index (χ1) is 12.8. The summed E-state index contributed by atoms with van der Waals surface area (Å²) < 4.78 is 0. The second-order valence-corrected chi connectivity index (χ2v) is 7.09. The summed E-state index contributed by atoms with van der Waals surface area (Å²) in [6, 6.07) is 14.1. The Balaban J connectivity index is 1.29. The molecule has 1 N–H and O–H groups in total. The Morgan fingerprint density at radius 3 is 2.58 bits per heavy atom. The topological polar surface area (TPSA) is 48.5 Å². The van der Waals surface area contributed by atoms with Crippen LogP contribution in [-0.2, 0) is 11.2 Å². The number of piperidine rings is 1. The lowest BCUT2D eigenvalue weighted by Crippen LogP contribution is -2.51. The zero-order chi connectivity index (χ0) is 17.8. The van der Waals surface area contributed by atoms with E-state index in [0.29, 0.717) is 0 Å². The summed E-state index contributed by atoms with van der Waals surface area (Å²) >= 11 is 0. The van der Waals surface area contributed by atoms with Gasteiger partial charge in [-0.2, -0.15) is 0 Å². The van der Waals surface area contributed by atoms with Gasteiger partial charge in [0.15, 0.2) is 0 Å². The van der Waals surface area contributed by atoms with E-state index in [9.17, 15) is 4.79 Å². The largest absolute Gasteiger partial charge is 0.356 e. The van der Waals surface area contributed by atoms with Crippen molar-refractivity contribution in [3.8, 4) is 0 Å². The van der Waals surface area contributed by atoms with Gasteiger partial charge in [-0.15, -0.1) is 0 Å². The van der Waals surface area contributed by atoms with Gasteiger partial charge in [0.1, 0.15) is 5.82 Å². The van der Waals surface area contributed by atoms with Gasteiger partial charge in [-0.25, -0.2) is 4.98 Å². The minimum absolute atomic E-state index is 0.0859. The monoisotopic (exact) mass is 350 g/mol. The van der Waals surface area contributed by atoms with Crippen molar-refractivity contribution >= 4 is 17.4 Å².